The Balaban J connectivity index is 1.52. The standard InChI is InChI=1S/C20H23N3O2/c1-13-7-8-17-15(12-25-20(17)14(13)2)11-19(24)22-18-9-10-21-23(18)16-5-3-4-6-16/h7-10,12,16H,3-6,11H2,1-2H3,(H,22,24). The van der Waals surface area contributed by atoms with Gasteiger partial charge in [-0.1, -0.05) is 25.0 Å². The first-order chi connectivity index (χ1) is 12.1. The molecule has 1 N–H and O–H groups in total. The van der Waals surface area contributed by atoms with Crippen molar-refractivity contribution in [1.82, 2.24) is 9.78 Å². The second-order valence-corrected chi connectivity index (χ2v) is 6.97. The highest BCUT2D eigenvalue weighted by molar-refractivity contribution is 5.95. The van der Waals surface area contributed by atoms with Crippen LogP contribution in [0.25, 0.3) is 11.0 Å². The van der Waals surface area contributed by atoms with Crippen LogP contribution in [-0.2, 0) is 11.2 Å². The van der Waals surface area contributed by atoms with Gasteiger partial charge in [-0.25, -0.2) is 4.68 Å². The van der Waals surface area contributed by atoms with Gasteiger partial charge in [0.1, 0.15) is 11.4 Å². The highest BCUT2D eigenvalue weighted by atomic mass is 16.3. The van der Waals surface area contributed by atoms with Crippen LogP contribution in [0, 0.1) is 13.8 Å². The molecule has 3 aromatic rings. The maximum atomic E-state index is 12.5. The molecule has 0 aliphatic heterocycles. The van der Waals surface area contributed by atoms with E-state index >= 15 is 0 Å². The number of fused-ring (bicyclic) bond motifs is 1. The lowest BCUT2D eigenvalue weighted by molar-refractivity contribution is -0.115. The lowest BCUT2D eigenvalue weighted by atomic mass is 10.0. The molecule has 0 radical (unpaired) electrons. The predicted octanol–water partition coefficient (Wildman–Crippen LogP) is 4.54. The molecule has 0 unspecified atom stereocenters. The maximum Gasteiger partial charge on any atom is 0.230 e. The normalized spacial score (nSPS) is 15.1. The van der Waals surface area contributed by atoms with E-state index in [1.165, 1.54) is 18.4 Å². The summed E-state index contributed by atoms with van der Waals surface area (Å²) in [5.74, 6) is 0.748. The monoisotopic (exact) mass is 337 g/mol. The summed E-state index contributed by atoms with van der Waals surface area (Å²) in [7, 11) is 0. The number of nitrogens with zero attached hydrogens (tertiary/aromatic N) is 2. The molecule has 0 spiro atoms. The van der Waals surface area contributed by atoms with Crippen molar-refractivity contribution in [2.75, 3.05) is 5.32 Å². The van der Waals surface area contributed by atoms with Gasteiger partial charge in [-0.3, -0.25) is 4.79 Å². The molecule has 0 bridgehead atoms. The minimum Gasteiger partial charge on any atom is -0.464 e. The largest absolute Gasteiger partial charge is 0.464 e. The van der Waals surface area contributed by atoms with Gasteiger partial charge in [-0.05, 0) is 37.8 Å². The number of benzene rings is 1. The number of carbonyl (C=O) groups excluding carboxylic acids is 1. The van der Waals surface area contributed by atoms with Crippen LogP contribution in [0.1, 0.15) is 48.4 Å². The first kappa shape index (κ1) is 15.9. The summed E-state index contributed by atoms with van der Waals surface area (Å²) in [6.07, 6.45) is 8.49. The fourth-order valence-electron chi connectivity index (χ4n) is 3.74. The van der Waals surface area contributed by atoms with Crippen LogP contribution in [0.15, 0.2) is 35.1 Å². The molecule has 1 amide bonds. The van der Waals surface area contributed by atoms with Crippen molar-refractivity contribution in [3.63, 3.8) is 0 Å². The number of nitrogens with one attached hydrogen (secondary N) is 1. The first-order valence-corrected chi connectivity index (χ1v) is 8.93. The third-order valence-corrected chi connectivity index (χ3v) is 5.30. The Morgan fingerprint density at radius 2 is 2.08 bits per heavy atom. The average Bonchev–Trinajstić information content (AvgIpc) is 3.31. The van der Waals surface area contributed by atoms with E-state index in [9.17, 15) is 4.79 Å². The second-order valence-electron chi connectivity index (χ2n) is 6.97. The fraction of sp³-hybridized carbons (Fsp3) is 0.400. The van der Waals surface area contributed by atoms with E-state index in [0.717, 1.165) is 40.8 Å². The van der Waals surface area contributed by atoms with E-state index in [2.05, 4.69) is 23.4 Å². The highest BCUT2D eigenvalue weighted by Crippen LogP contribution is 2.31. The summed E-state index contributed by atoms with van der Waals surface area (Å²) >= 11 is 0. The van der Waals surface area contributed by atoms with Gasteiger partial charge in [-0.2, -0.15) is 5.10 Å². The predicted molar refractivity (Wildman–Crippen MR) is 97.8 cm³/mol. The summed E-state index contributed by atoms with van der Waals surface area (Å²) in [6.45, 7) is 4.11. The molecule has 4 rings (SSSR count). The Morgan fingerprint density at radius 3 is 2.88 bits per heavy atom. The van der Waals surface area contributed by atoms with Crippen LogP contribution in [-0.4, -0.2) is 15.7 Å². The van der Waals surface area contributed by atoms with Crippen LogP contribution < -0.4 is 5.32 Å². The molecule has 1 aliphatic rings. The SMILES string of the molecule is Cc1ccc2c(CC(=O)Nc3ccnn3C3CCCC3)coc2c1C. The van der Waals surface area contributed by atoms with Crippen LogP contribution in [0.5, 0.6) is 0 Å². The zero-order chi connectivity index (χ0) is 17.4. The van der Waals surface area contributed by atoms with Crippen molar-refractivity contribution in [3.05, 3.63) is 47.3 Å². The number of aryl methyl sites for hydroxylation is 2. The summed E-state index contributed by atoms with van der Waals surface area (Å²) in [4.78, 5) is 12.5. The minimum atomic E-state index is -0.0410. The quantitative estimate of drug-likeness (QED) is 0.760. The maximum absolute atomic E-state index is 12.5. The van der Waals surface area contributed by atoms with Gasteiger partial charge in [0.2, 0.25) is 5.91 Å². The summed E-state index contributed by atoms with van der Waals surface area (Å²) in [6, 6.07) is 6.39. The molecule has 2 heterocycles. The smallest absolute Gasteiger partial charge is 0.230 e. The topological polar surface area (TPSA) is 60.1 Å². The van der Waals surface area contributed by atoms with E-state index in [1.807, 2.05) is 23.7 Å². The molecule has 25 heavy (non-hydrogen) atoms. The molecule has 1 aromatic carbocycles. The summed E-state index contributed by atoms with van der Waals surface area (Å²) in [5.41, 5.74) is 4.11. The lowest BCUT2D eigenvalue weighted by Gasteiger charge is -2.14. The number of carbonyl (C=O) groups is 1. The number of anilines is 1. The van der Waals surface area contributed by atoms with Crippen LogP contribution in [0.4, 0.5) is 5.82 Å². The molecule has 0 saturated heterocycles. The number of furan rings is 1. The number of hydrogen-bond donors (Lipinski definition) is 1. The molecule has 0 atom stereocenters. The van der Waals surface area contributed by atoms with Crippen molar-refractivity contribution in [2.45, 2.75) is 52.0 Å². The molecule has 5 nitrogen and oxygen atoms in total. The molecule has 1 aliphatic carbocycles. The van der Waals surface area contributed by atoms with Crippen molar-refractivity contribution in [2.24, 2.45) is 0 Å². The fourth-order valence-corrected chi connectivity index (χ4v) is 3.74. The summed E-state index contributed by atoms with van der Waals surface area (Å²) in [5, 5.41) is 8.44. The van der Waals surface area contributed by atoms with Crippen molar-refractivity contribution < 1.29 is 9.21 Å². The van der Waals surface area contributed by atoms with Gasteiger partial charge in [-0.15, -0.1) is 0 Å². The van der Waals surface area contributed by atoms with Crippen LogP contribution in [0.2, 0.25) is 0 Å². The van der Waals surface area contributed by atoms with Gasteiger partial charge in [0, 0.05) is 17.0 Å². The third-order valence-electron chi connectivity index (χ3n) is 5.30. The molecule has 2 aromatic heterocycles. The average molecular weight is 337 g/mol. The van der Waals surface area contributed by atoms with Gasteiger partial charge in [0.15, 0.2) is 0 Å². The molecule has 5 heteroatoms. The highest BCUT2D eigenvalue weighted by Gasteiger charge is 2.21. The molecule has 1 saturated carbocycles. The third kappa shape index (κ3) is 2.95. The van der Waals surface area contributed by atoms with Crippen LogP contribution in [0.3, 0.4) is 0 Å². The van der Waals surface area contributed by atoms with Gasteiger partial charge in [0.25, 0.3) is 0 Å². The zero-order valence-electron chi connectivity index (χ0n) is 14.7. The minimum absolute atomic E-state index is 0.0410. The Hall–Kier alpha value is -2.56. The second kappa shape index (κ2) is 6.39. The Morgan fingerprint density at radius 1 is 1.28 bits per heavy atom. The lowest BCUT2D eigenvalue weighted by Crippen LogP contribution is -2.19. The number of rotatable bonds is 4. The summed E-state index contributed by atoms with van der Waals surface area (Å²) < 4.78 is 7.67. The Kier molecular flexibility index (Phi) is 4.07. The van der Waals surface area contributed by atoms with Gasteiger partial charge >= 0.3 is 0 Å². The number of amides is 1. The van der Waals surface area contributed by atoms with E-state index in [0.29, 0.717) is 12.5 Å². The Labute approximate surface area is 147 Å². The molecule has 130 valence electrons. The van der Waals surface area contributed by atoms with Crippen molar-refractivity contribution >= 4 is 22.7 Å². The van der Waals surface area contributed by atoms with E-state index in [4.69, 9.17) is 4.42 Å². The van der Waals surface area contributed by atoms with E-state index in [-0.39, 0.29) is 5.91 Å². The molecular formula is C20H23N3O2. The van der Waals surface area contributed by atoms with Crippen molar-refractivity contribution in [3.8, 4) is 0 Å². The van der Waals surface area contributed by atoms with Gasteiger partial charge < -0.3 is 9.73 Å². The number of hydrogen-bond acceptors (Lipinski definition) is 3. The number of aromatic nitrogens is 2. The Bertz CT molecular complexity index is 916. The molecule has 1 fully saturated rings. The van der Waals surface area contributed by atoms with E-state index in [1.54, 1.807) is 12.5 Å². The first-order valence-electron chi connectivity index (χ1n) is 8.93. The molecular weight excluding hydrogens is 314 g/mol. The van der Waals surface area contributed by atoms with Crippen molar-refractivity contribution in [1.29, 1.82) is 0 Å². The van der Waals surface area contributed by atoms with Gasteiger partial charge in [0.05, 0.1) is 24.9 Å². The zero-order valence-corrected chi connectivity index (χ0v) is 14.7. The van der Waals surface area contributed by atoms with E-state index < -0.39 is 0 Å². The van der Waals surface area contributed by atoms with Crippen LogP contribution >= 0.6 is 0 Å².